The second-order valence-corrected chi connectivity index (χ2v) is 3.89. The summed E-state index contributed by atoms with van der Waals surface area (Å²) in [6.45, 7) is 0.667. The summed E-state index contributed by atoms with van der Waals surface area (Å²) in [6.07, 6.45) is 5.03. The van der Waals surface area contributed by atoms with Gasteiger partial charge in [0.25, 0.3) is 0 Å². The van der Waals surface area contributed by atoms with E-state index in [0.717, 1.165) is 0 Å². The fraction of sp³-hybridized carbons (Fsp3) is 0.0769. The van der Waals surface area contributed by atoms with Crippen molar-refractivity contribution >= 4 is 11.6 Å². The maximum absolute atomic E-state index is 12.2. The van der Waals surface area contributed by atoms with Gasteiger partial charge in [-0.2, -0.15) is 0 Å². The van der Waals surface area contributed by atoms with Gasteiger partial charge in [0.05, 0.1) is 0 Å². The highest BCUT2D eigenvalue weighted by Crippen LogP contribution is 2.23. The molecule has 0 aromatic heterocycles. The maximum Gasteiger partial charge on any atom is 0.211 e. The van der Waals surface area contributed by atoms with Crippen molar-refractivity contribution < 1.29 is 9.59 Å². The Morgan fingerprint density at radius 1 is 1.12 bits per heavy atom. The van der Waals surface area contributed by atoms with Crippen LogP contribution >= 0.6 is 0 Å². The van der Waals surface area contributed by atoms with Crippen molar-refractivity contribution in [3.8, 4) is 0 Å². The Bertz CT molecular complexity index is 573. The van der Waals surface area contributed by atoms with Crippen LogP contribution in [-0.2, 0) is 0 Å². The third kappa shape index (κ3) is 1.50. The van der Waals surface area contributed by atoms with E-state index in [-0.39, 0.29) is 11.6 Å². The Kier molecular flexibility index (Phi) is 2.16. The normalized spacial score (nSPS) is 18.4. The number of rotatable bonds is 1. The van der Waals surface area contributed by atoms with Gasteiger partial charge in [-0.25, -0.2) is 5.43 Å². The van der Waals surface area contributed by atoms with Crippen LogP contribution in [0.5, 0.6) is 0 Å². The van der Waals surface area contributed by atoms with E-state index in [9.17, 15) is 9.59 Å². The average molecular weight is 226 g/mol. The molecule has 17 heavy (non-hydrogen) atoms. The molecule has 0 amide bonds. The fourth-order valence-corrected chi connectivity index (χ4v) is 2.01. The number of carbonyl (C=O) groups is 2. The lowest BCUT2D eigenvalue weighted by Gasteiger charge is -2.22. The number of hydrogen-bond acceptors (Lipinski definition) is 4. The molecule has 1 heterocycles. The van der Waals surface area contributed by atoms with Crippen molar-refractivity contribution in [2.75, 3.05) is 6.54 Å². The quantitative estimate of drug-likeness (QED) is 0.783. The molecule has 0 spiro atoms. The van der Waals surface area contributed by atoms with E-state index < -0.39 is 0 Å². The van der Waals surface area contributed by atoms with Gasteiger partial charge in [0, 0.05) is 29.9 Å². The van der Waals surface area contributed by atoms with Crippen molar-refractivity contribution in [1.82, 2.24) is 10.4 Å². The van der Waals surface area contributed by atoms with Gasteiger partial charge in [-0.05, 0) is 0 Å². The Hall–Kier alpha value is -2.20. The lowest BCUT2D eigenvalue weighted by atomic mass is 9.92. The van der Waals surface area contributed by atoms with Crippen LogP contribution in [0.1, 0.15) is 20.7 Å². The van der Waals surface area contributed by atoms with E-state index in [4.69, 9.17) is 0 Å². The molecule has 1 aliphatic heterocycles. The average Bonchev–Trinajstić information content (AvgIpc) is 2.87. The van der Waals surface area contributed by atoms with Crippen molar-refractivity contribution in [2.24, 2.45) is 0 Å². The summed E-state index contributed by atoms with van der Waals surface area (Å²) in [5.74, 6) is -0.253. The third-order valence-corrected chi connectivity index (χ3v) is 2.83. The van der Waals surface area contributed by atoms with Gasteiger partial charge in [0.1, 0.15) is 5.70 Å². The predicted octanol–water partition coefficient (Wildman–Crippen LogP) is 1.28. The Morgan fingerprint density at radius 3 is 2.59 bits per heavy atom. The molecule has 0 bridgehead atoms. The van der Waals surface area contributed by atoms with Gasteiger partial charge < -0.3 is 0 Å². The molecule has 4 heteroatoms. The zero-order valence-electron chi connectivity index (χ0n) is 9.01. The van der Waals surface area contributed by atoms with Crippen LogP contribution in [0.25, 0.3) is 0 Å². The minimum Gasteiger partial charge on any atom is -0.289 e. The van der Waals surface area contributed by atoms with E-state index in [1.54, 1.807) is 35.5 Å². The molecule has 0 fully saturated rings. The van der Waals surface area contributed by atoms with Crippen LogP contribution in [0.3, 0.4) is 0 Å². The molecular formula is C13H10N2O2. The van der Waals surface area contributed by atoms with Crippen LogP contribution in [0.2, 0.25) is 0 Å². The molecule has 1 aromatic carbocycles. The standard InChI is InChI=1S/C13H10N2O2/c16-12-8-11(15-7-3-6-14-15)13(17)10-5-2-1-4-9(10)12/h1-5,7-8,14H,6H2. The van der Waals surface area contributed by atoms with E-state index >= 15 is 0 Å². The number of fused-ring (bicyclic) bond motifs is 1. The first-order chi connectivity index (χ1) is 8.27. The molecule has 4 nitrogen and oxygen atoms in total. The number of ketones is 2. The van der Waals surface area contributed by atoms with Crippen LogP contribution < -0.4 is 5.43 Å². The lowest BCUT2D eigenvalue weighted by molar-refractivity contribution is 0.0954. The molecule has 0 radical (unpaired) electrons. The zero-order chi connectivity index (χ0) is 11.8. The highest BCUT2D eigenvalue weighted by Gasteiger charge is 2.28. The van der Waals surface area contributed by atoms with Gasteiger partial charge in [-0.15, -0.1) is 0 Å². The first kappa shape index (κ1) is 9.99. The lowest BCUT2D eigenvalue weighted by Crippen LogP contribution is -2.34. The molecule has 1 aromatic rings. The number of benzene rings is 1. The Morgan fingerprint density at radius 2 is 1.88 bits per heavy atom. The second-order valence-electron chi connectivity index (χ2n) is 3.89. The number of Topliss-reactive ketones (excluding diaryl/α,β-unsaturated/α-hetero) is 1. The van der Waals surface area contributed by atoms with Crippen molar-refractivity contribution in [1.29, 1.82) is 0 Å². The van der Waals surface area contributed by atoms with Crippen LogP contribution in [0, 0.1) is 0 Å². The number of nitrogens with one attached hydrogen (secondary N) is 1. The van der Waals surface area contributed by atoms with Gasteiger partial charge in [-0.1, -0.05) is 30.3 Å². The summed E-state index contributed by atoms with van der Waals surface area (Å²) in [7, 11) is 0. The second kappa shape index (κ2) is 3.68. The maximum atomic E-state index is 12.2. The molecule has 84 valence electrons. The molecule has 0 saturated carbocycles. The van der Waals surface area contributed by atoms with E-state index in [1.807, 2.05) is 6.08 Å². The molecule has 2 aliphatic rings. The number of nitrogens with zero attached hydrogens (tertiary/aromatic N) is 1. The van der Waals surface area contributed by atoms with Crippen molar-refractivity contribution in [3.05, 3.63) is 59.4 Å². The molecule has 1 aliphatic carbocycles. The molecule has 0 saturated heterocycles. The first-order valence-electron chi connectivity index (χ1n) is 5.36. The van der Waals surface area contributed by atoms with Crippen LogP contribution in [0.15, 0.2) is 48.3 Å². The van der Waals surface area contributed by atoms with E-state index in [2.05, 4.69) is 5.43 Å². The van der Waals surface area contributed by atoms with Crippen molar-refractivity contribution in [3.63, 3.8) is 0 Å². The van der Waals surface area contributed by atoms with Crippen LogP contribution in [0.4, 0.5) is 0 Å². The highest BCUT2D eigenvalue weighted by atomic mass is 16.1. The summed E-state index contributed by atoms with van der Waals surface area (Å²) in [5.41, 5.74) is 4.31. The number of hydrazine groups is 1. The minimum absolute atomic E-state index is 0.126. The Labute approximate surface area is 98.2 Å². The summed E-state index contributed by atoms with van der Waals surface area (Å²) >= 11 is 0. The van der Waals surface area contributed by atoms with E-state index in [0.29, 0.717) is 23.4 Å². The molecule has 0 atom stereocenters. The molecular weight excluding hydrogens is 216 g/mol. The van der Waals surface area contributed by atoms with Gasteiger partial charge >= 0.3 is 0 Å². The van der Waals surface area contributed by atoms with Crippen molar-refractivity contribution in [2.45, 2.75) is 0 Å². The summed E-state index contributed by atoms with van der Waals surface area (Å²) in [4.78, 5) is 24.1. The van der Waals surface area contributed by atoms with Gasteiger partial charge in [0.2, 0.25) is 5.78 Å². The first-order valence-corrected chi connectivity index (χ1v) is 5.36. The minimum atomic E-state index is -0.127. The monoisotopic (exact) mass is 226 g/mol. The number of allylic oxidation sites excluding steroid dienone is 2. The number of hydrogen-bond donors (Lipinski definition) is 1. The smallest absolute Gasteiger partial charge is 0.211 e. The van der Waals surface area contributed by atoms with Gasteiger partial charge in [0.15, 0.2) is 5.78 Å². The molecule has 0 unspecified atom stereocenters. The summed E-state index contributed by atoms with van der Waals surface area (Å²) in [5, 5.41) is 1.59. The van der Waals surface area contributed by atoms with Crippen LogP contribution in [-0.4, -0.2) is 23.1 Å². The van der Waals surface area contributed by atoms with E-state index in [1.165, 1.54) is 6.08 Å². The third-order valence-electron chi connectivity index (χ3n) is 2.83. The zero-order valence-corrected chi connectivity index (χ0v) is 9.01. The van der Waals surface area contributed by atoms with Gasteiger partial charge in [-0.3, -0.25) is 14.6 Å². The summed E-state index contributed by atoms with van der Waals surface area (Å²) < 4.78 is 0. The largest absolute Gasteiger partial charge is 0.289 e. The summed E-state index contributed by atoms with van der Waals surface area (Å²) in [6, 6.07) is 6.88. The fourth-order valence-electron chi connectivity index (χ4n) is 2.01. The topological polar surface area (TPSA) is 49.4 Å². The Balaban J connectivity index is 2.08. The molecule has 1 N–H and O–H groups in total. The molecule has 3 rings (SSSR count). The SMILES string of the molecule is O=C1C=C(N2C=CCN2)C(=O)c2ccccc21. The highest BCUT2D eigenvalue weighted by molar-refractivity contribution is 6.24. The number of carbonyl (C=O) groups excluding carboxylic acids is 2. The predicted molar refractivity (Wildman–Crippen MR) is 62.2 cm³/mol.